The maximum Gasteiger partial charge on any atom is 0.0417 e. The number of fused-ring (bicyclic) bond motifs is 1. The second kappa shape index (κ2) is 10.2. The zero-order valence-corrected chi connectivity index (χ0v) is 15.3. The van der Waals surface area contributed by atoms with Gasteiger partial charge < -0.3 is 11.5 Å². The molecule has 0 bridgehead atoms. The van der Waals surface area contributed by atoms with Gasteiger partial charge in [0.1, 0.15) is 0 Å². The van der Waals surface area contributed by atoms with Crippen LogP contribution in [0.4, 0.5) is 11.4 Å². The third kappa shape index (κ3) is 5.74. The summed E-state index contributed by atoms with van der Waals surface area (Å²) in [4.78, 5) is 0. The molecule has 0 atom stereocenters. The molecule has 0 unspecified atom stereocenters. The quantitative estimate of drug-likeness (QED) is 0.367. The van der Waals surface area contributed by atoms with Gasteiger partial charge in [-0.25, -0.2) is 0 Å². The van der Waals surface area contributed by atoms with Crippen molar-refractivity contribution in [2.45, 2.75) is 77.6 Å². The largest absolute Gasteiger partial charge is 0.398 e. The van der Waals surface area contributed by atoms with Crippen LogP contribution in [0.3, 0.4) is 0 Å². The summed E-state index contributed by atoms with van der Waals surface area (Å²) in [5.74, 6) is 0. The van der Waals surface area contributed by atoms with Crippen molar-refractivity contribution in [3.63, 3.8) is 0 Å². The van der Waals surface area contributed by atoms with Crippen LogP contribution in [-0.2, 0) is 6.42 Å². The smallest absolute Gasteiger partial charge is 0.0417 e. The van der Waals surface area contributed by atoms with Crippen molar-refractivity contribution in [1.82, 2.24) is 0 Å². The van der Waals surface area contributed by atoms with Crippen LogP contribution < -0.4 is 11.5 Å². The van der Waals surface area contributed by atoms with Gasteiger partial charge in [-0.2, -0.15) is 0 Å². The number of aryl methyl sites for hydroxylation is 1. The summed E-state index contributed by atoms with van der Waals surface area (Å²) in [6.45, 7) is 2.28. The summed E-state index contributed by atoms with van der Waals surface area (Å²) in [7, 11) is 0. The number of unbranched alkanes of at least 4 members (excludes halogenated alkanes) is 9. The zero-order valence-electron chi connectivity index (χ0n) is 15.3. The first-order chi connectivity index (χ1) is 11.7. The minimum atomic E-state index is 0.774. The molecule has 0 aromatic heterocycles. The molecule has 0 saturated heterocycles. The van der Waals surface area contributed by atoms with E-state index in [4.69, 9.17) is 11.5 Å². The Hall–Kier alpha value is -1.70. The first kappa shape index (κ1) is 18.6. The molecule has 4 N–H and O–H groups in total. The normalized spacial score (nSPS) is 11.2. The third-order valence-electron chi connectivity index (χ3n) is 4.92. The van der Waals surface area contributed by atoms with Crippen molar-refractivity contribution in [2.24, 2.45) is 0 Å². The molecule has 2 rings (SSSR count). The first-order valence-corrected chi connectivity index (χ1v) is 9.79. The lowest BCUT2D eigenvalue weighted by atomic mass is 9.99. The molecule has 0 aliphatic heterocycles. The molecular weight excluding hydrogens is 292 g/mol. The number of nitrogen functional groups attached to an aromatic ring is 2. The van der Waals surface area contributed by atoms with Crippen LogP contribution in [0.1, 0.15) is 76.7 Å². The number of rotatable bonds is 11. The molecule has 0 saturated carbocycles. The van der Waals surface area contributed by atoms with Gasteiger partial charge in [0.2, 0.25) is 0 Å². The minimum Gasteiger partial charge on any atom is -0.398 e. The summed E-state index contributed by atoms with van der Waals surface area (Å²) < 4.78 is 0. The lowest BCUT2D eigenvalue weighted by molar-refractivity contribution is 0.556. The lowest BCUT2D eigenvalue weighted by Crippen LogP contribution is -1.95. The van der Waals surface area contributed by atoms with Gasteiger partial charge in [-0.15, -0.1) is 0 Å². The predicted molar refractivity (Wildman–Crippen MR) is 108 cm³/mol. The van der Waals surface area contributed by atoms with Crippen molar-refractivity contribution in [3.05, 3.63) is 35.9 Å². The Morgan fingerprint density at radius 1 is 0.708 bits per heavy atom. The van der Waals surface area contributed by atoms with Crippen LogP contribution in [0.2, 0.25) is 0 Å². The average molecular weight is 327 g/mol. The van der Waals surface area contributed by atoms with Gasteiger partial charge in [0.25, 0.3) is 0 Å². The van der Waals surface area contributed by atoms with Crippen LogP contribution in [0, 0.1) is 0 Å². The van der Waals surface area contributed by atoms with Gasteiger partial charge in [0.05, 0.1) is 0 Å². The Bertz CT molecular complexity index is 619. The SMILES string of the molecule is CCCCCCCCCCCCc1cc(N)c2c(N)cccc2c1. The fourth-order valence-electron chi connectivity index (χ4n) is 3.52. The molecular formula is C22H34N2. The van der Waals surface area contributed by atoms with Crippen LogP contribution in [0.5, 0.6) is 0 Å². The highest BCUT2D eigenvalue weighted by atomic mass is 14.6. The van der Waals surface area contributed by atoms with Crippen molar-refractivity contribution < 1.29 is 0 Å². The molecule has 0 spiro atoms. The summed E-state index contributed by atoms with van der Waals surface area (Å²) in [5.41, 5.74) is 15.2. The lowest BCUT2D eigenvalue weighted by Gasteiger charge is -2.09. The van der Waals surface area contributed by atoms with Crippen molar-refractivity contribution in [2.75, 3.05) is 11.5 Å². The molecule has 0 aliphatic rings. The summed E-state index contributed by atoms with van der Waals surface area (Å²) in [6, 6.07) is 10.4. The van der Waals surface area contributed by atoms with E-state index in [1.165, 1.54) is 69.8 Å². The van der Waals surface area contributed by atoms with E-state index in [-0.39, 0.29) is 0 Å². The Morgan fingerprint density at radius 2 is 1.33 bits per heavy atom. The molecule has 2 heteroatoms. The summed E-state index contributed by atoms with van der Waals surface area (Å²) in [5, 5.41) is 2.17. The molecule has 0 radical (unpaired) electrons. The molecule has 0 fully saturated rings. The van der Waals surface area contributed by atoms with E-state index in [0.717, 1.165) is 28.6 Å². The topological polar surface area (TPSA) is 52.0 Å². The number of anilines is 2. The monoisotopic (exact) mass is 326 g/mol. The number of benzene rings is 2. The molecule has 132 valence electrons. The van der Waals surface area contributed by atoms with Gasteiger partial charge >= 0.3 is 0 Å². The van der Waals surface area contributed by atoms with Gasteiger partial charge in [-0.05, 0) is 35.9 Å². The molecule has 0 aliphatic carbocycles. The third-order valence-corrected chi connectivity index (χ3v) is 4.92. The number of hydrogen-bond acceptors (Lipinski definition) is 2. The van der Waals surface area contributed by atoms with Crippen LogP contribution in [0.25, 0.3) is 10.8 Å². The van der Waals surface area contributed by atoms with Gasteiger partial charge in [-0.1, -0.05) is 82.9 Å². The Morgan fingerprint density at radius 3 is 2.00 bits per heavy atom. The second-order valence-corrected chi connectivity index (χ2v) is 7.06. The first-order valence-electron chi connectivity index (χ1n) is 9.79. The van der Waals surface area contributed by atoms with Gasteiger partial charge in [-0.3, -0.25) is 0 Å². The second-order valence-electron chi connectivity index (χ2n) is 7.06. The van der Waals surface area contributed by atoms with E-state index < -0.39 is 0 Å². The van der Waals surface area contributed by atoms with E-state index in [1.54, 1.807) is 0 Å². The van der Waals surface area contributed by atoms with Crippen LogP contribution in [0.15, 0.2) is 30.3 Å². The van der Waals surface area contributed by atoms with E-state index in [0.29, 0.717) is 0 Å². The average Bonchev–Trinajstić information content (AvgIpc) is 2.56. The Balaban J connectivity index is 1.67. The molecule has 24 heavy (non-hydrogen) atoms. The molecule has 0 heterocycles. The molecule has 2 aromatic rings. The maximum atomic E-state index is 6.20. The van der Waals surface area contributed by atoms with Gasteiger partial charge in [0.15, 0.2) is 0 Å². The summed E-state index contributed by atoms with van der Waals surface area (Å²) in [6.07, 6.45) is 14.9. The highest BCUT2D eigenvalue weighted by Gasteiger charge is 2.04. The summed E-state index contributed by atoms with van der Waals surface area (Å²) >= 11 is 0. The molecule has 2 nitrogen and oxygen atoms in total. The fourth-order valence-corrected chi connectivity index (χ4v) is 3.52. The van der Waals surface area contributed by atoms with Crippen molar-refractivity contribution in [3.8, 4) is 0 Å². The standard InChI is InChI=1S/C22H34N2/c1-2-3-4-5-6-7-8-9-10-11-13-18-16-19-14-12-15-20(23)22(19)21(24)17-18/h12,14-17H,2-11,13,23-24H2,1H3. The number of nitrogens with two attached hydrogens (primary N) is 2. The van der Waals surface area contributed by atoms with Crippen molar-refractivity contribution >= 4 is 22.1 Å². The number of hydrogen-bond donors (Lipinski definition) is 2. The van der Waals surface area contributed by atoms with E-state index in [9.17, 15) is 0 Å². The van der Waals surface area contributed by atoms with E-state index in [1.807, 2.05) is 12.1 Å². The van der Waals surface area contributed by atoms with Crippen LogP contribution in [-0.4, -0.2) is 0 Å². The highest BCUT2D eigenvalue weighted by Crippen LogP contribution is 2.29. The van der Waals surface area contributed by atoms with E-state index >= 15 is 0 Å². The Kier molecular flexibility index (Phi) is 7.94. The minimum absolute atomic E-state index is 0.774. The molecule has 0 amide bonds. The van der Waals surface area contributed by atoms with Crippen LogP contribution >= 0.6 is 0 Å². The highest BCUT2D eigenvalue weighted by molar-refractivity contribution is 6.01. The predicted octanol–water partition coefficient (Wildman–Crippen LogP) is 6.47. The van der Waals surface area contributed by atoms with Gasteiger partial charge in [0, 0.05) is 16.8 Å². The van der Waals surface area contributed by atoms with Crippen molar-refractivity contribution in [1.29, 1.82) is 0 Å². The fraction of sp³-hybridized carbons (Fsp3) is 0.545. The maximum absolute atomic E-state index is 6.20. The van der Waals surface area contributed by atoms with E-state index in [2.05, 4.69) is 25.1 Å². The zero-order chi connectivity index (χ0) is 17.2. The molecule has 2 aromatic carbocycles. The Labute approximate surface area is 147 Å².